The molecule has 1 N–H and O–H groups in total. The number of para-hydroxylation sites is 1. The first-order valence-electron chi connectivity index (χ1n) is 3.74. The largest absolute Gasteiger partial charge is 0.478 e. The number of benzene rings is 1. The lowest BCUT2D eigenvalue weighted by Gasteiger charge is -1.98. The summed E-state index contributed by atoms with van der Waals surface area (Å²) in [4.78, 5) is 24.5. The summed E-state index contributed by atoms with van der Waals surface area (Å²) in [6.45, 7) is 0. The van der Waals surface area contributed by atoms with Crippen LogP contribution in [0.1, 0.15) is 5.56 Å². The molecule has 0 unspecified atom stereocenters. The molecule has 72 valence electrons. The number of carboxylic acids is 1. The van der Waals surface area contributed by atoms with Gasteiger partial charge in [-0.05, 0) is 12.1 Å². The molecule has 0 aliphatic carbocycles. The molecule has 0 spiro atoms. The average Bonchev–Trinajstić information content (AvgIpc) is 2.17. The number of nitrogens with zero attached hydrogens (tertiary/aromatic N) is 1. The Labute approximate surface area is 79.6 Å². The van der Waals surface area contributed by atoms with Crippen molar-refractivity contribution in [2.24, 2.45) is 5.34 Å². The average molecular weight is 193 g/mol. The Bertz CT molecular complexity index is 373. The van der Waals surface area contributed by atoms with Crippen LogP contribution in [-0.4, -0.2) is 11.1 Å². The summed E-state index contributed by atoms with van der Waals surface area (Å²) in [7, 11) is 0. The summed E-state index contributed by atoms with van der Waals surface area (Å²) in [5, 5.41) is 10.6. The van der Waals surface area contributed by atoms with Crippen LogP contribution in [0, 0.1) is 4.91 Å². The van der Waals surface area contributed by atoms with Gasteiger partial charge in [0.1, 0.15) is 0 Å². The maximum atomic E-state index is 10.2. The standard InChI is InChI=1S/C9H7NO4/c11-9(12)6-5-7-3-1-2-4-8(7)14-10-13/h1-6H,(H,11,12)/b6-5+. The second-order valence-corrected chi connectivity index (χ2v) is 2.38. The summed E-state index contributed by atoms with van der Waals surface area (Å²) < 4.78 is 0. The van der Waals surface area contributed by atoms with Gasteiger partial charge >= 0.3 is 5.97 Å². The van der Waals surface area contributed by atoms with Crippen molar-refractivity contribution in [1.29, 1.82) is 0 Å². The van der Waals surface area contributed by atoms with Gasteiger partial charge in [0.25, 0.3) is 0 Å². The van der Waals surface area contributed by atoms with E-state index in [9.17, 15) is 9.70 Å². The molecule has 1 rings (SSSR count). The minimum atomic E-state index is -1.07. The lowest BCUT2D eigenvalue weighted by atomic mass is 10.2. The molecule has 0 saturated carbocycles. The summed E-state index contributed by atoms with van der Waals surface area (Å²) >= 11 is 0. The van der Waals surface area contributed by atoms with Gasteiger partial charge < -0.3 is 9.94 Å². The molecule has 0 atom stereocenters. The van der Waals surface area contributed by atoms with Crippen molar-refractivity contribution in [2.75, 3.05) is 0 Å². The molecule has 5 heteroatoms. The molecule has 0 radical (unpaired) electrons. The van der Waals surface area contributed by atoms with Crippen LogP contribution in [0.25, 0.3) is 6.08 Å². The molecular weight excluding hydrogens is 186 g/mol. The van der Waals surface area contributed by atoms with E-state index in [1.54, 1.807) is 18.2 Å². The van der Waals surface area contributed by atoms with E-state index in [1.807, 2.05) is 0 Å². The minimum Gasteiger partial charge on any atom is -0.478 e. The number of carbonyl (C=O) groups is 1. The molecular formula is C9H7NO4. The van der Waals surface area contributed by atoms with Crippen molar-refractivity contribution >= 4 is 12.0 Å². The molecule has 1 aromatic carbocycles. The Morgan fingerprint density at radius 3 is 2.79 bits per heavy atom. The Morgan fingerprint density at radius 1 is 1.43 bits per heavy atom. The smallest absolute Gasteiger partial charge is 0.328 e. The van der Waals surface area contributed by atoms with Crippen molar-refractivity contribution in [3.63, 3.8) is 0 Å². The maximum absolute atomic E-state index is 10.2. The van der Waals surface area contributed by atoms with Gasteiger partial charge in [0, 0.05) is 11.6 Å². The van der Waals surface area contributed by atoms with Gasteiger partial charge in [-0.15, -0.1) is 4.91 Å². The van der Waals surface area contributed by atoms with E-state index in [2.05, 4.69) is 10.2 Å². The summed E-state index contributed by atoms with van der Waals surface area (Å²) in [5.41, 5.74) is 0.481. The van der Waals surface area contributed by atoms with Crippen molar-refractivity contribution < 1.29 is 14.7 Å². The van der Waals surface area contributed by atoms with Gasteiger partial charge in [-0.3, -0.25) is 0 Å². The highest BCUT2D eigenvalue weighted by Crippen LogP contribution is 2.19. The maximum Gasteiger partial charge on any atom is 0.328 e. The highest BCUT2D eigenvalue weighted by Gasteiger charge is 2.00. The second kappa shape index (κ2) is 4.76. The fraction of sp³-hybridized carbons (Fsp3) is 0. The van der Waals surface area contributed by atoms with E-state index >= 15 is 0 Å². The Kier molecular flexibility index (Phi) is 3.37. The van der Waals surface area contributed by atoms with Gasteiger partial charge in [-0.2, -0.15) is 0 Å². The molecule has 0 aliphatic rings. The van der Waals surface area contributed by atoms with E-state index < -0.39 is 5.97 Å². The van der Waals surface area contributed by atoms with Crippen LogP contribution in [-0.2, 0) is 4.79 Å². The highest BCUT2D eigenvalue weighted by atomic mass is 16.7. The van der Waals surface area contributed by atoms with E-state index in [1.165, 1.54) is 12.1 Å². The van der Waals surface area contributed by atoms with Gasteiger partial charge in [-0.25, -0.2) is 4.79 Å². The molecule has 0 heterocycles. The zero-order chi connectivity index (χ0) is 10.4. The zero-order valence-corrected chi connectivity index (χ0v) is 7.08. The lowest BCUT2D eigenvalue weighted by molar-refractivity contribution is -0.131. The summed E-state index contributed by atoms with van der Waals surface area (Å²) in [6.07, 6.45) is 2.27. The van der Waals surface area contributed by atoms with Gasteiger partial charge in [-0.1, -0.05) is 18.2 Å². The first kappa shape index (κ1) is 9.91. The first-order chi connectivity index (χ1) is 6.74. The summed E-state index contributed by atoms with van der Waals surface area (Å²) in [6, 6.07) is 6.47. The lowest BCUT2D eigenvalue weighted by Crippen LogP contribution is -1.88. The molecule has 1 aromatic rings. The minimum absolute atomic E-state index is 0.222. The van der Waals surface area contributed by atoms with Crippen LogP contribution < -0.4 is 4.84 Å². The predicted octanol–water partition coefficient (Wildman–Crippen LogP) is 1.84. The Hall–Kier alpha value is -2.17. The number of carboxylic acid groups (broad SMARTS) is 1. The summed E-state index contributed by atoms with van der Waals surface area (Å²) in [5.74, 6) is -0.848. The van der Waals surface area contributed by atoms with Crippen molar-refractivity contribution in [1.82, 2.24) is 0 Å². The molecule has 0 bridgehead atoms. The van der Waals surface area contributed by atoms with E-state index in [0.29, 0.717) is 5.56 Å². The molecule has 0 fully saturated rings. The van der Waals surface area contributed by atoms with Gasteiger partial charge in [0.15, 0.2) is 11.1 Å². The van der Waals surface area contributed by atoms with Crippen LogP contribution in [0.5, 0.6) is 5.75 Å². The van der Waals surface area contributed by atoms with Crippen LogP contribution in [0.3, 0.4) is 0 Å². The van der Waals surface area contributed by atoms with Crippen LogP contribution in [0.2, 0.25) is 0 Å². The highest BCUT2D eigenvalue weighted by molar-refractivity contribution is 5.85. The van der Waals surface area contributed by atoms with E-state index in [4.69, 9.17) is 5.11 Å². The SMILES string of the molecule is O=NOc1ccccc1/C=C/C(=O)O. The fourth-order valence-electron chi connectivity index (χ4n) is 0.903. The molecule has 5 nitrogen and oxygen atoms in total. The van der Waals surface area contributed by atoms with E-state index in [0.717, 1.165) is 6.08 Å². The Balaban J connectivity index is 2.94. The van der Waals surface area contributed by atoms with Crippen molar-refractivity contribution in [2.45, 2.75) is 0 Å². The normalized spacial score (nSPS) is 10.0. The van der Waals surface area contributed by atoms with Gasteiger partial charge in [0.2, 0.25) is 0 Å². The monoisotopic (exact) mass is 193 g/mol. The fourth-order valence-corrected chi connectivity index (χ4v) is 0.903. The topological polar surface area (TPSA) is 76.0 Å². The number of aliphatic carboxylic acids is 1. The van der Waals surface area contributed by atoms with Crippen LogP contribution in [0.4, 0.5) is 0 Å². The van der Waals surface area contributed by atoms with Crippen molar-refractivity contribution in [3.05, 3.63) is 40.8 Å². The Morgan fingerprint density at radius 2 is 2.14 bits per heavy atom. The first-order valence-corrected chi connectivity index (χ1v) is 3.74. The molecule has 0 aliphatic heterocycles. The van der Waals surface area contributed by atoms with Crippen molar-refractivity contribution in [3.8, 4) is 5.75 Å². The molecule has 0 amide bonds. The van der Waals surface area contributed by atoms with Crippen LogP contribution in [0.15, 0.2) is 35.7 Å². The van der Waals surface area contributed by atoms with Gasteiger partial charge in [0.05, 0.1) is 0 Å². The number of hydrogen-bond donors (Lipinski definition) is 1. The predicted molar refractivity (Wildman–Crippen MR) is 49.5 cm³/mol. The van der Waals surface area contributed by atoms with Crippen LogP contribution >= 0.6 is 0 Å². The third-order valence-corrected chi connectivity index (χ3v) is 1.46. The second-order valence-electron chi connectivity index (χ2n) is 2.38. The third-order valence-electron chi connectivity index (χ3n) is 1.46. The third kappa shape index (κ3) is 2.71. The number of rotatable bonds is 4. The van der Waals surface area contributed by atoms with E-state index in [-0.39, 0.29) is 5.75 Å². The quantitative estimate of drug-likeness (QED) is 0.449. The molecule has 14 heavy (non-hydrogen) atoms. The zero-order valence-electron chi connectivity index (χ0n) is 7.08. The molecule has 0 aromatic heterocycles. The number of hydrogen-bond acceptors (Lipinski definition) is 4. The molecule has 0 saturated heterocycles.